The Balaban J connectivity index is 1.77. The highest BCUT2D eigenvalue weighted by Crippen LogP contribution is 2.29. The molecule has 4 rings (SSSR count). The second-order valence-electron chi connectivity index (χ2n) is 8.25. The number of halogens is 1. The third-order valence-corrected chi connectivity index (χ3v) is 5.34. The maximum Gasteiger partial charge on any atom is 0.154 e. The van der Waals surface area contributed by atoms with E-state index in [-0.39, 0.29) is 5.41 Å². The Bertz CT molecular complexity index is 1120. The van der Waals surface area contributed by atoms with E-state index in [9.17, 15) is 0 Å². The van der Waals surface area contributed by atoms with Gasteiger partial charge in [0.25, 0.3) is 0 Å². The van der Waals surface area contributed by atoms with Crippen LogP contribution in [0.15, 0.2) is 76.8 Å². The van der Waals surface area contributed by atoms with Crippen LogP contribution in [0.1, 0.15) is 43.0 Å². The van der Waals surface area contributed by atoms with E-state index in [1.54, 1.807) is 7.11 Å². The number of hydrazone groups is 1. The largest absolute Gasteiger partial charge is 0.497 e. The monoisotopic (exact) mass is 417 g/mol. The van der Waals surface area contributed by atoms with Crippen molar-refractivity contribution >= 4 is 28.8 Å². The molecule has 3 aromatic rings. The average molecular weight is 418 g/mol. The molecule has 1 heterocycles. The van der Waals surface area contributed by atoms with E-state index in [1.807, 2.05) is 42.5 Å². The van der Waals surface area contributed by atoms with Crippen LogP contribution in [0.25, 0.3) is 0 Å². The fraction of sp³-hybridized carbons (Fsp3) is 0.200. The molecule has 0 unspecified atom stereocenters. The van der Waals surface area contributed by atoms with Crippen molar-refractivity contribution in [2.75, 3.05) is 7.11 Å². The SMILES string of the molecule is COc1ccc(C2=NNC(c3ccc(C(C)(C)C)cc3)=Nc3ccc(Cl)cc32)cc1. The number of aliphatic imine (C=N–C) groups is 1. The van der Waals surface area contributed by atoms with Crippen molar-refractivity contribution in [3.8, 4) is 5.75 Å². The predicted octanol–water partition coefficient (Wildman–Crippen LogP) is 6.08. The lowest BCUT2D eigenvalue weighted by Crippen LogP contribution is -2.20. The molecule has 1 aliphatic rings. The minimum atomic E-state index is 0.0975. The number of amidine groups is 1. The molecule has 0 spiro atoms. The molecule has 3 aromatic carbocycles. The maximum absolute atomic E-state index is 6.30. The van der Waals surface area contributed by atoms with Crippen molar-refractivity contribution in [3.05, 3.63) is 94.0 Å². The van der Waals surface area contributed by atoms with E-state index < -0.39 is 0 Å². The highest BCUT2D eigenvalue weighted by molar-refractivity contribution is 6.31. The Labute approximate surface area is 182 Å². The summed E-state index contributed by atoms with van der Waals surface area (Å²) in [5, 5.41) is 5.34. The lowest BCUT2D eigenvalue weighted by molar-refractivity contribution is 0.415. The number of fused-ring (bicyclic) bond motifs is 1. The smallest absolute Gasteiger partial charge is 0.154 e. The van der Waals surface area contributed by atoms with Gasteiger partial charge in [-0.1, -0.05) is 56.6 Å². The summed E-state index contributed by atoms with van der Waals surface area (Å²) in [6.45, 7) is 6.61. The summed E-state index contributed by atoms with van der Waals surface area (Å²) in [4.78, 5) is 4.86. The predicted molar refractivity (Wildman–Crippen MR) is 125 cm³/mol. The van der Waals surface area contributed by atoms with Crippen LogP contribution in [-0.2, 0) is 5.41 Å². The van der Waals surface area contributed by atoms with Crippen molar-refractivity contribution in [1.29, 1.82) is 0 Å². The molecule has 0 fully saturated rings. The van der Waals surface area contributed by atoms with Gasteiger partial charge in [0.15, 0.2) is 5.84 Å². The van der Waals surface area contributed by atoms with Crippen LogP contribution in [0.4, 0.5) is 5.69 Å². The molecule has 0 radical (unpaired) electrons. The van der Waals surface area contributed by atoms with Gasteiger partial charge in [-0.05, 0) is 53.4 Å². The van der Waals surface area contributed by atoms with E-state index in [2.05, 4.69) is 50.5 Å². The lowest BCUT2D eigenvalue weighted by Gasteiger charge is -2.19. The van der Waals surface area contributed by atoms with Crippen molar-refractivity contribution in [2.24, 2.45) is 10.1 Å². The van der Waals surface area contributed by atoms with Gasteiger partial charge in [0.2, 0.25) is 0 Å². The molecule has 4 nitrogen and oxygen atoms in total. The summed E-state index contributed by atoms with van der Waals surface area (Å²) >= 11 is 6.30. The summed E-state index contributed by atoms with van der Waals surface area (Å²) in [5.74, 6) is 1.49. The Morgan fingerprint density at radius 3 is 2.17 bits per heavy atom. The van der Waals surface area contributed by atoms with Crippen molar-refractivity contribution in [3.63, 3.8) is 0 Å². The van der Waals surface area contributed by atoms with Crippen LogP contribution in [0.3, 0.4) is 0 Å². The molecule has 0 bridgehead atoms. The van der Waals surface area contributed by atoms with Crippen molar-refractivity contribution in [2.45, 2.75) is 26.2 Å². The molecular formula is C25H24ClN3O. The van der Waals surface area contributed by atoms with Crippen LogP contribution in [0.2, 0.25) is 5.02 Å². The quantitative estimate of drug-likeness (QED) is 0.561. The van der Waals surface area contributed by atoms with Crippen LogP contribution >= 0.6 is 11.6 Å². The molecule has 1 aliphatic heterocycles. The fourth-order valence-electron chi connectivity index (χ4n) is 3.34. The number of hydrogen-bond donors (Lipinski definition) is 1. The number of nitrogens with one attached hydrogen (secondary N) is 1. The number of ether oxygens (including phenoxy) is 1. The summed E-state index contributed by atoms with van der Waals surface area (Å²) < 4.78 is 5.28. The van der Waals surface area contributed by atoms with Crippen LogP contribution in [-0.4, -0.2) is 18.7 Å². The standard InChI is InChI=1S/C25H24ClN3O/c1-25(2,3)18-9-5-17(6-10-18)24-27-22-14-11-19(26)15-21(22)23(28-29-24)16-7-12-20(30-4)13-8-16/h5-15H,1-4H3,(H,27,29). The molecule has 30 heavy (non-hydrogen) atoms. The zero-order valence-corrected chi connectivity index (χ0v) is 18.3. The number of rotatable bonds is 3. The number of nitrogens with zero attached hydrogens (tertiary/aromatic N) is 2. The van der Waals surface area contributed by atoms with Crippen molar-refractivity contribution in [1.82, 2.24) is 5.43 Å². The first-order chi connectivity index (χ1) is 14.3. The summed E-state index contributed by atoms with van der Waals surface area (Å²) in [6.07, 6.45) is 0. The van der Waals surface area contributed by atoms with Gasteiger partial charge < -0.3 is 4.74 Å². The van der Waals surface area contributed by atoms with E-state index in [4.69, 9.17) is 26.4 Å². The van der Waals surface area contributed by atoms with Crippen LogP contribution < -0.4 is 10.2 Å². The van der Waals surface area contributed by atoms with Gasteiger partial charge in [-0.2, -0.15) is 5.10 Å². The van der Waals surface area contributed by atoms with Gasteiger partial charge in [0.05, 0.1) is 12.8 Å². The molecule has 5 heteroatoms. The molecule has 0 amide bonds. The maximum atomic E-state index is 6.30. The minimum Gasteiger partial charge on any atom is -0.497 e. The van der Waals surface area contributed by atoms with Gasteiger partial charge in [0, 0.05) is 21.7 Å². The Morgan fingerprint density at radius 1 is 0.867 bits per heavy atom. The van der Waals surface area contributed by atoms with Gasteiger partial charge in [0.1, 0.15) is 11.5 Å². The second-order valence-corrected chi connectivity index (χ2v) is 8.69. The molecule has 0 aliphatic carbocycles. The number of hydrogen-bond acceptors (Lipinski definition) is 4. The fourth-order valence-corrected chi connectivity index (χ4v) is 3.51. The highest BCUT2D eigenvalue weighted by Gasteiger charge is 2.19. The molecule has 0 saturated heterocycles. The summed E-state index contributed by atoms with van der Waals surface area (Å²) in [5.41, 5.74) is 8.93. The molecule has 0 saturated carbocycles. The Kier molecular flexibility index (Phi) is 5.35. The zero-order chi connectivity index (χ0) is 21.3. The molecular weight excluding hydrogens is 394 g/mol. The third kappa shape index (κ3) is 4.10. The molecule has 1 N–H and O–H groups in total. The van der Waals surface area contributed by atoms with Gasteiger partial charge >= 0.3 is 0 Å². The molecule has 152 valence electrons. The van der Waals surface area contributed by atoms with E-state index >= 15 is 0 Å². The normalized spacial score (nSPS) is 13.5. The highest BCUT2D eigenvalue weighted by atomic mass is 35.5. The Morgan fingerprint density at radius 2 is 1.53 bits per heavy atom. The van der Waals surface area contributed by atoms with E-state index in [0.29, 0.717) is 10.9 Å². The number of methoxy groups -OCH3 is 1. The average Bonchev–Trinajstić information content (AvgIpc) is 2.93. The number of benzene rings is 3. The molecule has 0 atom stereocenters. The molecule has 0 aromatic heterocycles. The first kappa shape index (κ1) is 20.2. The van der Waals surface area contributed by atoms with E-state index in [0.717, 1.165) is 33.8 Å². The second kappa shape index (κ2) is 7.96. The lowest BCUT2D eigenvalue weighted by atomic mass is 9.86. The summed E-state index contributed by atoms with van der Waals surface area (Å²) in [7, 11) is 1.65. The summed E-state index contributed by atoms with van der Waals surface area (Å²) in [6, 6.07) is 21.9. The Hall–Kier alpha value is -3.11. The third-order valence-electron chi connectivity index (χ3n) is 5.11. The van der Waals surface area contributed by atoms with E-state index in [1.165, 1.54) is 5.56 Å². The van der Waals surface area contributed by atoms with Gasteiger partial charge in [-0.25, -0.2) is 4.99 Å². The topological polar surface area (TPSA) is 46.0 Å². The zero-order valence-electron chi connectivity index (χ0n) is 17.5. The van der Waals surface area contributed by atoms with Crippen molar-refractivity contribution < 1.29 is 4.74 Å². The first-order valence-corrected chi connectivity index (χ1v) is 10.2. The first-order valence-electron chi connectivity index (χ1n) is 9.83. The van der Waals surface area contributed by atoms with Crippen LogP contribution in [0.5, 0.6) is 5.75 Å². The van der Waals surface area contributed by atoms with Crippen LogP contribution in [0, 0.1) is 0 Å². The minimum absolute atomic E-state index is 0.0975. The van der Waals surface area contributed by atoms with Gasteiger partial charge in [-0.15, -0.1) is 0 Å². The van der Waals surface area contributed by atoms with Gasteiger partial charge in [-0.3, -0.25) is 5.43 Å².